The van der Waals surface area contributed by atoms with Gasteiger partial charge in [-0.1, -0.05) is 125 Å². The van der Waals surface area contributed by atoms with Crippen LogP contribution in [0.15, 0.2) is 152 Å². The molecule has 13 nitrogen and oxygen atoms in total. The molecule has 0 radical (unpaired) electrons. The maximum absolute atomic E-state index is 15.6. The number of aromatic nitrogens is 4. The summed E-state index contributed by atoms with van der Waals surface area (Å²) < 4.78 is 15.0. The van der Waals surface area contributed by atoms with Crippen molar-refractivity contribution in [1.82, 2.24) is 24.9 Å². The number of esters is 1. The normalized spacial score (nSPS) is 22.2. The number of para-hydroxylation sites is 2. The first-order valence-corrected chi connectivity index (χ1v) is 22.0. The van der Waals surface area contributed by atoms with E-state index < -0.39 is 53.3 Å². The summed E-state index contributed by atoms with van der Waals surface area (Å²) in [6.07, 6.45) is -0.825. The minimum atomic E-state index is -1.74. The van der Waals surface area contributed by atoms with Crippen LogP contribution in [0.1, 0.15) is 46.0 Å². The summed E-state index contributed by atoms with van der Waals surface area (Å²) in [6, 6.07) is 44.4. The van der Waals surface area contributed by atoms with Crippen molar-refractivity contribution in [2.24, 2.45) is 5.92 Å². The van der Waals surface area contributed by atoms with Gasteiger partial charge in [0.2, 0.25) is 11.8 Å². The van der Waals surface area contributed by atoms with Gasteiger partial charge >= 0.3 is 5.97 Å². The number of aliphatic hydroxyl groups is 1. The molecule has 2 saturated heterocycles. The Kier molecular flexibility index (Phi) is 10.1. The predicted octanol–water partition coefficient (Wildman–Crippen LogP) is 7.37. The molecule has 2 fully saturated rings. The van der Waals surface area contributed by atoms with Crippen LogP contribution in [-0.4, -0.2) is 67.0 Å². The minimum Gasteiger partial charge on any atom is -0.491 e. The molecule has 0 aliphatic carbocycles. The Balaban J connectivity index is 1.13. The number of cyclic esters (lactones) is 1. The molecule has 3 aliphatic rings. The van der Waals surface area contributed by atoms with Crippen molar-refractivity contribution in [3.05, 3.63) is 179 Å². The van der Waals surface area contributed by atoms with Crippen LogP contribution in [-0.2, 0) is 31.1 Å². The SMILES string of the molecule is O=C1O[C@@H](c2ccccc2)[C@@H](c2ccccc2)N2[C@@H](c3ccc(OCCO)cc3)[C@]3(C(=O)Nc4ccc(C#CCn5nnc6ccccc65)cc43)[C@@H](C(=O)Nc3nc4ccccc4s3)[C@H]12. The van der Waals surface area contributed by atoms with Gasteiger partial charge in [-0.25, -0.2) is 9.67 Å². The largest absolute Gasteiger partial charge is 0.491 e. The Morgan fingerprint density at radius 2 is 1.55 bits per heavy atom. The summed E-state index contributed by atoms with van der Waals surface area (Å²) in [6.45, 7) is 0.165. The molecular weight excluding hydrogens is 839 g/mol. The number of rotatable bonds is 9. The maximum atomic E-state index is 15.6. The maximum Gasteiger partial charge on any atom is 0.324 e. The zero-order chi connectivity index (χ0) is 44.1. The minimum absolute atomic E-state index is 0.0856. The lowest BCUT2D eigenvalue weighted by Gasteiger charge is -2.46. The molecule has 3 N–H and O–H groups in total. The Morgan fingerprint density at radius 1 is 0.831 bits per heavy atom. The molecule has 65 heavy (non-hydrogen) atoms. The van der Waals surface area contributed by atoms with Gasteiger partial charge in [0.05, 0.1) is 40.3 Å². The number of aliphatic hydroxyl groups excluding tert-OH is 1. The third kappa shape index (κ3) is 6.80. The van der Waals surface area contributed by atoms with Gasteiger partial charge in [0.25, 0.3) is 0 Å². The molecule has 14 heteroatoms. The zero-order valence-corrected chi connectivity index (χ0v) is 35.4. The molecule has 2 aromatic heterocycles. The van der Waals surface area contributed by atoms with Gasteiger partial charge in [0.1, 0.15) is 42.0 Å². The van der Waals surface area contributed by atoms with Crippen LogP contribution in [0.3, 0.4) is 0 Å². The Labute approximate surface area is 376 Å². The number of hydrogen-bond acceptors (Lipinski definition) is 11. The van der Waals surface area contributed by atoms with E-state index in [1.807, 2.05) is 138 Å². The first-order chi connectivity index (χ1) is 31.9. The van der Waals surface area contributed by atoms with E-state index in [2.05, 4.69) is 32.8 Å². The lowest BCUT2D eigenvalue weighted by atomic mass is 9.65. The van der Waals surface area contributed by atoms with Crippen LogP contribution >= 0.6 is 11.3 Å². The lowest BCUT2D eigenvalue weighted by Crippen LogP contribution is -2.53. The fraction of sp³-hybridized carbons (Fsp3) is 0.176. The third-order valence-corrected chi connectivity index (χ3v) is 13.5. The molecule has 0 bridgehead atoms. The number of amides is 2. The van der Waals surface area contributed by atoms with Crippen molar-refractivity contribution in [2.75, 3.05) is 23.8 Å². The summed E-state index contributed by atoms with van der Waals surface area (Å²) in [5.74, 6) is 4.01. The van der Waals surface area contributed by atoms with Gasteiger partial charge in [-0.05, 0) is 76.9 Å². The first-order valence-electron chi connectivity index (χ1n) is 21.2. The summed E-state index contributed by atoms with van der Waals surface area (Å²) in [5, 5.41) is 24.7. The quantitative estimate of drug-likeness (QED) is 0.0987. The number of nitrogens with one attached hydrogen (secondary N) is 2. The number of carbonyl (C=O) groups is 3. The highest BCUT2D eigenvalue weighted by Crippen LogP contribution is 2.65. The van der Waals surface area contributed by atoms with Crippen LogP contribution in [0.25, 0.3) is 21.3 Å². The molecule has 11 rings (SSSR count). The lowest BCUT2D eigenvalue weighted by molar-refractivity contribution is -0.177. The molecule has 5 heterocycles. The first kappa shape index (κ1) is 40.1. The van der Waals surface area contributed by atoms with Crippen molar-refractivity contribution in [3.63, 3.8) is 0 Å². The predicted molar refractivity (Wildman–Crippen MR) is 245 cm³/mol. The van der Waals surface area contributed by atoms with Crippen molar-refractivity contribution in [1.29, 1.82) is 0 Å². The van der Waals surface area contributed by atoms with Crippen LogP contribution in [0.2, 0.25) is 0 Å². The molecule has 0 unspecified atom stereocenters. The van der Waals surface area contributed by atoms with Crippen molar-refractivity contribution < 1.29 is 29.0 Å². The van der Waals surface area contributed by atoms with Gasteiger partial charge in [0, 0.05) is 11.3 Å². The summed E-state index contributed by atoms with van der Waals surface area (Å²) in [4.78, 5) is 53.2. The molecule has 6 atom stereocenters. The molecule has 6 aromatic carbocycles. The summed E-state index contributed by atoms with van der Waals surface area (Å²) in [7, 11) is 0. The molecule has 0 saturated carbocycles. The van der Waals surface area contributed by atoms with Crippen LogP contribution in [0, 0.1) is 17.8 Å². The molecule has 1 spiro atoms. The molecule has 320 valence electrons. The Bertz CT molecular complexity index is 3150. The number of hydrogen-bond donors (Lipinski definition) is 3. The fourth-order valence-electron chi connectivity index (χ4n) is 9.94. The van der Waals surface area contributed by atoms with E-state index in [-0.39, 0.29) is 19.8 Å². The van der Waals surface area contributed by atoms with E-state index in [9.17, 15) is 5.11 Å². The van der Waals surface area contributed by atoms with Crippen LogP contribution in [0.5, 0.6) is 5.75 Å². The second-order valence-corrected chi connectivity index (χ2v) is 17.2. The van der Waals surface area contributed by atoms with E-state index in [4.69, 9.17) is 14.5 Å². The van der Waals surface area contributed by atoms with E-state index in [0.29, 0.717) is 38.8 Å². The number of carbonyl (C=O) groups excluding carboxylic acids is 3. The average Bonchev–Trinajstić information content (AvgIpc) is 4.10. The van der Waals surface area contributed by atoms with Gasteiger partial charge in [-0.15, -0.1) is 5.10 Å². The van der Waals surface area contributed by atoms with Crippen molar-refractivity contribution in [2.45, 2.75) is 36.2 Å². The van der Waals surface area contributed by atoms with E-state index in [0.717, 1.165) is 26.9 Å². The van der Waals surface area contributed by atoms with Gasteiger partial charge in [0.15, 0.2) is 5.13 Å². The number of fused-ring (bicyclic) bond motifs is 5. The monoisotopic (exact) mass is 877 g/mol. The second kappa shape index (κ2) is 16.5. The van der Waals surface area contributed by atoms with Crippen molar-refractivity contribution >= 4 is 61.2 Å². The highest BCUT2D eigenvalue weighted by Gasteiger charge is 2.74. The smallest absolute Gasteiger partial charge is 0.324 e. The Hall–Kier alpha value is -7.70. The topological polar surface area (TPSA) is 161 Å². The van der Waals surface area contributed by atoms with Crippen molar-refractivity contribution in [3.8, 4) is 17.6 Å². The number of thiazole rings is 1. The standard InChI is InChI=1S/C51H39N7O6S/c59-28-29-63-35-24-22-34(23-25-35)46-51(36-30-31(21-26-37(36)52-49(51)62)12-11-27-57-40-19-9-7-17-38(40)55-56-57)42(47(60)54-50-53-39-18-8-10-20-41(39)65-50)44-48(61)64-45(33-15-5-2-6-16-33)43(58(44)46)32-13-3-1-4-14-32/h1-10,13-26,30,42-46,59H,27-29H2,(H,52,62)(H,53,54,60)/t42-,43-,44-,45+,46+,51-/m1/s1. The summed E-state index contributed by atoms with van der Waals surface area (Å²) in [5.41, 5.74) is 4.40. The highest BCUT2D eigenvalue weighted by molar-refractivity contribution is 7.22. The van der Waals surface area contributed by atoms with Gasteiger partial charge < -0.3 is 25.2 Å². The number of morpholine rings is 1. The van der Waals surface area contributed by atoms with E-state index in [1.165, 1.54) is 11.3 Å². The fourth-order valence-corrected chi connectivity index (χ4v) is 10.8. The third-order valence-electron chi connectivity index (χ3n) is 12.6. The number of anilines is 2. The van der Waals surface area contributed by atoms with E-state index >= 15 is 14.4 Å². The Morgan fingerprint density at radius 3 is 2.32 bits per heavy atom. The molecular formula is C51H39N7O6S. The van der Waals surface area contributed by atoms with Crippen LogP contribution < -0.4 is 15.4 Å². The number of ether oxygens (including phenoxy) is 2. The van der Waals surface area contributed by atoms with Gasteiger partial charge in [-0.3, -0.25) is 19.3 Å². The highest BCUT2D eigenvalue weighted by atomic mass is 32.1. The zero-order valence-electron chi connectivity index (χ0n) is 34.6. The molecule has 3 aliphatic heterocycles. The number of nitrogens with zero attached hydrogens (tertiary/aromatic N) is 5. The second-order valence-electron chi connectivity index (χ2n) is 16.1. The van der Waals surface area contributed by atoms with Crippen LogP contribution in [0.4, 0.5) is 10.8 Å². The number of benzene rings is 6. The molecule has 8 aromatic rings. The average molecular weight is 878 g/mol. The summed E-state index contributed by atoms with van der Waals surface area (Å²) >= 11 is 1.31. The van der Waals surface area contributed by atoms with E-state index in [1.54, 1.807) is 22.9 Å². The van der Waals surface area contributed by atoms with Gasteiger partial charge in [-0.2, -0.15) is 0 Å². The molecule has 2 amide bonds.